The Balaban J connectivity index is 2.11. The van der Waals surface area contributed by atoms with Crippen LogP contribution in [0.25, 0.3) is 11.1 Å². The van der Waals surface area contributed by atoms with E-state index in [1.165, 1.54) is 0 Å². The van der Waals surface area contributed by atoms with Gasteiger partial charge in [-0.2, -0.15) is 0 Å². The van der Waals surface area contributed by atoms with Crippen LogP contribution in [0, 0.1) is 11.8 Å². The summed E-state index contributed by atoms with van der Waals surface area (Å²) < 4.78 is 5.39. The maximum Gasteiger partial charge on any atom is 0.258 e. The standard InChI is InChI=1S/C24H21ClN2O2/c1-24(2,29-3)15-14-18-11-7-12-19(17-9-5-4-6-10-17)21(18)27-23(28)20-13-8-16-26-22(20)25/h4-13,16H,1-3H3,(H,27,28). The van der Waals surface area contributed by atoms with E-state index < -0.39 is 5.60 Å². The Bertz CT molecular complexity index is 1080. The summed E-state index contributed by atoms with van der Waals surface area (Å²) in [6, 6.07) is 18.9. The van der Waals surface area contributed by atoms with Crippen molar-refractivity contribution in [2.45, 2.75) is 19.4 Å². The normalized spacial score (nSPS) is 10.8. The minimum absolute atomic E-state index is 0.148. The number of para-hydroxylation sites is 1. The van der Waals surface area contributed by atoms with E-state index in [0.717, 1.165) is 11.1 Å². The SMILES string of the molecule is COC(C)(C)C#Cc1cccc(-c2ccccc2)c1NC(=O)c1cccnc1Cl. The number of methoxy groups -OCH3 is 1. The van der Waals surface area contributed by atoms with Crippen molar-refractivity contribution in [3.63, 3.8) is 0 Å². The van der Waals surface area contributed by atoms with E-state index in [0.29, 0.717) is 16.8 Å². The second kappa shape index (κ2) is 8.91. The predicted molar refractivity (Wildman–Crippen MR) is 117 cm³/mol. The number of carbonyl (C=O) groups excluding carboxylic acids is 1. The van der Waals surface area contributed by atoms with E-state index in [9.17, 15) is 4.79 Å². The third-order valence-corrected chi connectivity index (χ3v) is 4.70. The largest absolute Gasteiger partial charge is 0.366 e. The third-order valence-electron chi connectivity index (χ3n) is 4.40. The molecule has 0 aliphatic carbocycles. The molecule has 0 radical (unpaired) electrons. The quantitative estimate of drug-likeness (QED) is 0.466. The number of hydrogen-bond acceptors (Lipinski definition) is 3. The van der Waals surface area contributed by atoms with Crippen LogP contribution in [-0.4, -0.2) is 23.6 Å². The molecule has 0 bridgehead atoms. The summed E-state index contributed by atoms with van der Waals surface area (Å²) in [5.74, 6) is 5.91. The fourth-order valence-corrected chi connectivity index (χ4v) is 2.86. The van der Waals surface area contributed by atoms with Crippen molar-refractivity contribution in [3.8, 4) is 23.0 Å². The predicted octanol–water partition coefficient (Wildman–Crippen LogP) is 5.43. The molecule has 29 heavy (non-hydrogen) atoms. The molecule has 2 aromatic carbocycles. The number of halogens is 1. The molecule has 146 valence electrons. The van der Waals surface area contributed by atoms with Crippen molar-refractivity contribution >= 4 is 23.2 Å². The summed E-state index contributed by atoms with van der Waals surface area (Å²) in [7, 11) is 1.61. The van der Waals surface area contributed by atoms with Gasteiger partial charge >= 0.3 is 0 Å². The average Bonchev–Trinajstić information content (AvgIpc) is 2.74. The number of ether oxygens (including phenoxy) is 1. The second-order valence-corrected chi connectivity index (χ2v) is 7.21. The van der Waals surface area contributed by atoms with Gasteiger partial charge in [0.05, 0.1) is 11.3 Å². The van der Waals surface area contributed by atoms with Gasteiger partial charge in [-0.1, -0.05) is 65.9 Å². The highest BCUT2D eigenvalue weighted by Crippen LogP contribution is 2.31. The Morgan fingerprint density at radius 3 is 2.52 bits per heavy atom. The molecule has 1 aromatic heterocycles. The fourth-order valence-electron chi connectivity index (χ4n) is 2.65. The van der Waals surface area contributed by atoms with Crippen LogP contribution < -0.4 is 5.32 Å². The number of rotatable bonds is 4. The molecule has 0 aliphatic rings. The minimum atomic E-state index is -0.614. The van der Waals surface area contributed by atoms with E-state index in [4.69, 9.17) is 16.3 Å². The topological polar surface area (TPSA) is 51.2 Å². The molecule has 3 aromatic rings. The Labute approximate surface area is 175 Å². The second-order valence-electron chi connectivity index (χ2n) is 6.85. The van der Waals surface area contributed by atoms with E-state index in [1.807, 2.05) is 62.4 Å². The van der Waals surface area contributed by atoms with E-state index in [1.54, 1.807) is 25.4 Å². The fraction of sp³-hybridized carbons (Fsp3) is 0.167. The van der Waals surface area contributed by atoms with Gasteiger partial charge in [-0.15, -0.1) is 0 Å². The molecule has 0 fully saturated rings. The van der Waals surface area contributed by atoms with Crippen LogP contribution in [0.5, 0.6) is 0 Å². The van der Waals surface area contributed by atoms with E-state index in [2.05, 4.69) is 22.1 Å². The van der Waals surface area contributed by atoms with Gasteiger partial charge in [-0.25, -0.2) is 4.98 Å². The molecule has 1 heterocycles. The maximum atomic E-state index is 12.9. The Morgan fingerprint density at radius 2 is 1.83 bits per heavy atom. The molecule has 1 N–H and O–H groups in total. The molecular formula is C24H21ClN2O2. The first-order chi connectivity index (χ1) is 13.9. The first-order valence-corrected chi connectivity index (χ1v) is 9.48. The zero-order valence-corrected chi connectivity index (χ0v) is 17.2. The summed E-state index contributed by atoms with van der Waals surface area (Å²) in [6.45, 7) is 3.77. The highest BCUT2D eigenvalue weighted by molar-refractivity contribution is 6.33. The molecule has 5 heteroatoms. The summed E-state index contributed by atoms with van der Waals surface area (Å²) in [5.41, 5.74) is 2.81. The number of pyridine rings is 1. The number of amides is 1. The summed E-state index contributed by atoms with van der Waals surface area (Å²) in [4.78, 5) is 16.9. The van der Waals surface area contributed by atoms with E-state index in [-0.39, 0.29) is 11.1 Å². The monoisotopic (exact) mass is 404 g/mol. The molecule has 0 saturated carbocycles. The molecule has 0 unspecified atom stereocenters. The number of carbonyl (C=O) groups is 1. The number of benzene rings is 2. The Hall–Kier alpha value is -3.13. The molecule has 4 nitrogen and oxygen atoms in total. The number of nitrogens with zero attached hydrogens (tertiary/aromatic N) is 1. The highest BCUT2D eigenvalue weighted by Gasteiger charge is 2.17. The minimum Gasteiger partial charge on any atom is -0.366 e. The van der Waals surface area contributed by atoms with Crippen LogP contribution in [0.4, 0.5) is 5.69 Å². The first kappa shape index (κ1) is 20.6. The summed E-state index contributed by atoms with van der Waals surface area (Å²) in [5, 5.41) is 3.13. The van der Waals surface area contributed by atoms with E-state index >= 15 is 0 Å². The number of hydrogen-bond donors (Lipinski definition) is 1. The van der Waals surface area contributed by atoms with Gasteiger partial charge in [0.1, 0.15) is 10.8 Å². The first-order valence-electron chi connectivity index (χ1n) is 9.10. The zero-order valence-electron chi connectivity index (χ0n) is 16.5. The summed E-state index contributed by atoms with van der Waals surface area (Å²) in [6.07, 6.45) is 1.54. The highest BCUT2D eigenvalue weighted by atomic mass is 35.5. The average molecular weight is 405 g/mol. The molecular weight excluding hydrogens is 384 g/mol. The Morgan fingerprint density at radius 1 is 1.07 bits per heavy atom. The van der Waals surface area contributed by atoms with Crippen LogP contribution in [0.2, 0.25) is 5.15 Å². The van der Waals surface area contributed by atoms with Gasteiger partial charge in [0, 0.05) is 24.4 Å². The lowest BCUT2D eigenvalue weighted by Gasteiger charge is -2.16. The van der Waals surface area contributed by atoms with Crippen molar-refractivity contribution in [2.75, 3.05) is 12.4 Å². The summed E-state index contributed by atoms with van der Waals surface area (Å²) >= 11 is 6.11. The third kappa shape index (κ3) is 5.03. The lowest BCUT2D eigenvalue weighted by Crippen LogP contribution is -2.19. The van der Waals surface area contributed by atoms with Crippen molar-refractivity contribution in [3.05, 3.63) is 83.1 Å². The molecule has 0 saturated heterocycles. The van der Waals surface area contributed by atoms with Crippen LogP contribution in [0.15, 0.2) is 66.9 Å². The van der Waals surface area contributed by atoms with Gasteiger partial charge in [-0.3, -0.25) is 4.79 Å². The Kier molecular flexibility index (Phi) is 6.33. The van der Waals surface area contributed by atoms with Crippen LogP contribution in [0.3, 0.4) is 0 Å². The zero-order chi connectivity index (χ0) is 20.9. The van der Waals surface area contributed by atoms with Crippen LogP contribution >= 0.6 is 11.6 Å². The maximum absolute atomic E-state index is 12.9. The van der Waals surface area contributed by atoms with Gasteiger partial charge in [0.15, 0.2) is 0 Å². The van der Waals surface area contributed by atoms with Crippen LogP contribution in [-0.2, 0) is 4.74 Å². The van der Waals surface area contributed by atoms with Crippen molar-refractivity contribution in [1.29, 1.82) is 0 Å². The van der Waals surface area contributed by atoms with Gasteiger partial charge in [0.2, 0.25) is 0 Å². The van der Waals surface area contributed by atoms with Gasteiger partial charge in [-0.05, 0) is 37.6 Å². The lowest BCUT2D eigenvalue weighted by atomic mass is 9.99. The smallest absolute Gasteiger partial charge is 0.258 e. The van der Waals surface area contributed by atoms with Crippen LogP contribution in [0.1, 0.15) is 29.8 Å². The van der Waals surface area contributed by atoms with Crippen molar-refractivity contribution in [2.24, 2.45) is 0 Å². The number of nitrogens with one attached hydrogen (secondary N) is 1. The number of aromatic nitrogens is 1. The lowest BCUT2D eigenvalue weighted by molar-refractivity contribution is 0.0741. The molecule has 0 spiro atoms. The number of anilines is 1. The van der Waals surface area contributed by atoms with Gasteiger partial charge in [0.25, 0.3) is 5.91 Å². The van der Waals surface area contributed by atoms with Crippen molar-refractivity contribution < 1.29 is 9.53 Å². The molecule has 0 atom stereocenters. The van der Waals surface area contributed by atoms with Crippen molar-refractivity contribution in [1.82, 2.24) is 4.98 Å². The molecule has 3 rings (SSSR count). The van der Waals surface area contributed by atoms with Gasteiger partial charge < -0.3 is 10.1 Å². The molecule has 0 aliphatic heterocycles. The molecule has 1 amide bonds.